The maximum Gasteiger partial charge on any atom is 0.244 e. The number of Topliss-reactive ketones (excluding diaryl/α,β-unsaturated/α-hetero) is 1. The first-order chi connectivity index (χ1) is 11.1. The van der Waals surface area contributed by atoms with Crippen molar-refractivity contribution in [2.45, 2.75) is 18.2 Å². The highest BCUT2D eigenvalue weighted by Gasteiger charge is 2.04. The van der Waals surface area contributed by atoms with Gasteiger partial charge in [-0.3, -0.25) is 9.59 Å². The van der Waals surface area contributed by atoms with Crippen molar-refractivity contribution in [3.63, 3.8) is 0 Å². The van der Waals surface area contributed by atoms with E-state index in [9.17, 15) is 9.59 Å². The molecule has 2 aromatic rings. The van der Waals surface area contributed by atoms with E-state index in [0.717, 1.165) is 21.7 Å². The number of amides is 1. The molecule has 0 aliphatic carbocycles. The normalized spacial score (nSPS) is 10.9. The smallest absolute Gasteiger partial charge is 0.244 e. The molecule has 0 radical (unpaired) electrons. The minimum atomic E-state index is -0.109. The van der Waals surface area contributed by atoms with Crippen molar-refractivity contribution in [3.8, 4) is 0 Å². The van der Waals surface area contributed by atoms with Gasteiger partial charge < -0.3 is 5.32 Å². The van der Waals surface area contributed by atoms with E-state index < -0.39 is 0 Å². The zero-order valence-electron chi connectivity index (χ0n) is 13.2. The van der Waals surface area contributed by atoms with Crippen molar-refractivity contribution in [1.29, 1.82) is 0 Å². The van der Waals surface area contributed by atoms with Crippen LogP contribution in [0.5, 0.6) is 0 Å². The number of thiophene rings is 1. The Balaban J connectivity index is 1.77. The summed E-state index contributed by atoms with van der Waals surface area (Å²) < 4.78 is 0. The van der Waals surface area contributed by atoms with Gasteiger partial charge in [-0.15, -0.1) is 23.1 Å². The molecule has 5 heteroatoms. The lowest BCUT2D eigenvalue weighted by Gasteiger charge is -2.00. The molecular weight excluding hydrogens is 326 g/mol. The zero-order valence-corrected chi connectivity index (χ0v) is 14.8. The number of hydrogen-bond acceptors (Lipinski definition) is 4. The van der Waals surface area contributed by atoms with Gasteiger partial charge in [-0.25, -0.2) is 0 Å². The Bertz CT molecular complexity index is 702. The summed E-state index contributed by atoms with van der Waals surface area (Å²) in [5, 5.41) is 2.85. The molecule has 0 unspecified atom stereocenters. The first-order valence-electron chi connectivity index (χ1n) is 7.28. The van der Waals surface area contributed by atoms with Gasteiger partial charge in [0.15, 0.2) is 5.78 Å². The predicted octanol–water partition coefficient (Wildman–Crippen LogP) is 4.04. The fourth-order valence-corrected chi connectivity index (χ4v) is 3.27. The van der Waals surface area contributed by atoms with Gasteiger partial charge in [-0.05, 0) is 55.5 Å². The molecule has 0 aliphatic heterocycles. The number of carbonyl (C=O) groups is 2. The lowest BCUT2D eigenvalue weighted by Crippen LogP contribution is -2.23. The molecule has 120 valence electrons. The molecule has 0 bridgehead atoms. The third-order valence-corrected chi connectivity index (χ3v) is 5.21. The van der Waals surface area contributed by atoms with E-state index in [2.05, 4.69) is 5.32 Å². The largest absolute Gasteiger partial charge is 0.352 e. The summed E-state index contributed by atoms with van der Waals surface area (Å²) in [4.78, 5) is 26.1. The Labute approximate surface area is 144 Å². The molecule has 0 spiro atoms. The van der Waals surface area contributed by atoms with Crippen LogP contribution in [0.15, 0.2) is 47.4 Å². The van der Waals surface area contributed by atoms with Crippen LogP contribution in [-0.4, -0.2) is 24.5 Å². The third kappa shape index (κ3) is 5.69. The minimum Gasteiger partial charge on any atom is -0.352 e. The quantitative estimate of drug-likeness (QED) is 0.468. The summed E-state index contributed by atoms with van der Waals surface area (Å²) in [6, 6.07) is 11.8. The molecule has 1 N–H and O–H groups in total. The molecule has 0 atom stereocenters. The highest BCUT2D eigenvalue weighted by molar-refractivity contribution is 7.98. The van der Waals surface area contributed by atoms with Crippen molar-refractivity contribution < 1.29 is 9.59 Å². The number of thioether (sulfide) groups is 1. The monoisotopic (exact) mass is 345 g/mol. The molecule has 1 aromatic carbocycles. The molecule has 0 saturated carbocycles. The van der Waals surface area contributed by atoms with Crippen molar-refractivity contribution >= 4 is 40.9 Å². The maximum absolute atomic E-state index is 11.8. The van der Waals surface area contributed by atoms with Crippen LogP contribution in [0.4, 0.5) is 0 Å². The van der Waals surface area contributed by atoms with Gasteiger partial charge in [0.05, 0.1) is 4.88 Å². The fraction of sp³-hybridized carbons (Fsp3) is 0.222. The van der Waals surface area contributed by atoms with Crippen molar-refractivity contribution in [1.82, 2.24) is 5.32 Å². The van der Waals surface area contributed by atoms with Crippen molar-refractivity contribution in [2.75, 3.05) is 12.8 Å². The standard InChI is InChI=1S/C18H19NO2S2/c1-13(20)17-9-8-16(23-17)11-12-19-18(21)10-5-14-3-6-15(22-2)7-4-14/h3-10H,11-12H2,1-2H3,(H,19,21)/b10-5+. The average Bonchev–Trinajstić information content (AvgIpc) is 3.02. The van der Waals surface area contributed by atoms with E-state index in [4.69, 9.17) is 0 Å². The van der Waals surface area contributed by atoms with Crippen LogP contribution < -0.4 is 5.32 Å². The van der Waals surface area contributed by atoms with E-state index in [1.54, 1.807) is 30.8 Å². The van der Waals surface area contributed by atoms with E-state index in [1.165, 1.54) is 16.2 Å². The van der Waals surface area contributed by atoms with Gasteiger partial charge in [0.25, 0.3) is 0 Å². The van der Waals surface area contributed by atoms with Gasteiger partial charge >= 0.3 is 0 Å². The number of rotatable bonds is 7. The second-order valence-electron chi connectivity index (χ2n) is 4.97. The fourth-order valence-electron chi connectivity index (χ4n) is 1.96. The topological polar surface area (TPSA) is 46.2 Å². The number of benzene rings is 1. The Morgan fingerprint density at radius 1 is 1.17 bits per heavy atom. The highest BCUT2D eigenvalue weighted by Crippen LogP contribution is 2.17. The molecule has 0 fully saturated rings. The van der Waals surface area contributed by atoms with Crippen LogP contribution in [0.1, 0.15) is 27.0 Å². The van der Waals surface area contributed by atoms with Gasteiger partial charge in [-0.1, -0.05) is 12.1 Å². The molecule has 1 amide bonds. The summed E-state index contributed by atoms with van der Waals surface area (Å²) in [6.07, 6.45) is 6.12. The Kier molecular flexibility index (Phi) is 6.62. The zero-order chi connectivity index (χ0) is 16.7. The van der Waals surface area contributed by atoms with Gasteiger partial charge in [-0.2, -0.15) is 0 Å². The molecule has 0 aliphatic rings. The second-order valence-corrected chi connectivity index (χ2v) is 7.02. The van der Waals surface area contributed by atoms with E-state index in [1.807, 2.05) is 42.7 Å². The Morgan fingerprint density at radius 2 is 1.91 bits per heavy atom. The SMILES string of the molecule is CSc1ccc(/C=C/C(=O)NCCc2ccc(C(C)=O)s2)cc1. The van der Waals surface area contributed by atoms with Crippen molar-refractivity contribution in [3.05, 3.63) is 57.8 Å². The molecule has 2 rings (SSSR count). The van der Waals surface area contributed by atoms with Crippen LogP contribution in [0.3, 0.4) is 0 Å². The molecule has 23 heavy (non-hydrogen) atoms. The maximum atomic E-state index is 11.8. The summed E-state index contributed by atoms with van der Waals surface area (Å²) in [7, 11) is 0. The second kappa shape index (κ2) is 8.70. The highest BCUT2D eigenvalue weighted by atomic mass is 32.2. The van der Waals surface area contributed by atoms with Gasteiger partial charge in [0, 0.05) is 22.4 Å². The minimum absolute atomic E-state index is 0.0840. The van der Waals surface area contributed by atoms with E-state index in [-0.39, 0.29) is 11.7 Å². The summed E-state index contributed by atoms with van der Waals surface area (Å²) in [5.41, 5.74) is 1.00. The first kappa shape index (κ1) is 17.5. The predicted molar refractivity (Wildman–Crippen MR) is 98.3 cm³/mol. The third-order valence-electron chi connectivity index (χ3n) is 3.22. The van der Waals surface area contributed by atoms with Crippen LogP contribution >= 0.6 is 23.1 Å². The lowest BCUT2D eigenvalue weighted by atomic mass is 10.2. The van der Waals surface area contributed by atoms with Crippen LogP contribution in [0, 0.1) is 0 Å². The lowest BCUT2D eigenvalue weighted by molar-refractivity contribution is -0.116. The molecule has 3 nitrogen and oxygen atoms in total. The van der Waals surface area contributed by atoms with Crippen LogP contribution in [0.25, 0.3) is 6.08 Å². The summed E-state index contributed by atoms with van der Waals surface area (Å²) >= 11 is 3.18. The van der Waals surface area contributed by atoms with Crippen LogP contribution in [-0.2, 0) is 11.2 Å². The Hall–Kier alpha value is -1.85. The van der Waals surface area contributed by atoms with E-state index in [0.29, 0.717) is 6.54 Å². The molecule has 1 heterocycles. The van der Waals surface area contributed by atoms with Gasteiger partial charge in [0.2, 0.25) is 5.91 Å². The number of ketones is 1. The molecule has 1 aromatic heterocycles. The Morgan fingerprint density at radius 3 is 2.52 bits per heavy atom. The molecular formula is C18H19NO2S2. The van der Waals surface area contributed by atoms with Crippen molar-refractivity contribution in [2.24, 2.45) is 0 Å². The summed E-state index contributed by atoms with van der Waals surface area (Å²) in [6.45, 7) is 2.13. The van der Waals surface area contributed by atoms with Crippen LogP contribution in [0.2, 0.25) is 0 Å². The number of carbonyl (C=O) groups excluding carboxylic acids is 2. The molecule has 0 saturated heterocycles. The van der Waals surface area contributed by atoms with E-state index >= 15 is 0 Å². The number of nitrogens with one attached hydrogen (secondary N) is 1. The number of hydrogen-bond donors (Lipinski definition) is 1. The summed E-state index contributed by atoms with van der Waals surface area (Å²) in [5.74, 6) is -0.0250. The van der Waals surface area contributed by atoms with Gasteiger partial charge in [0.1, 0.15) is 0 Å². The first-order valence-corrected chi connectivity index (χ1v) is 9.32. The average molecular weight is 345 g/mol.